The Morgan fingerprint density at radius 2 is 2.00 bits per heavy atom. The van der Waals surface area contributed by atoms with Crippen LogP contribution in [0.5, 0.6) is 5.75 Å². The Labute approximate surface area is 259 Å². The van der Waals surface area contributed by atoms with E-state index in [1.54, 1.807) is 13.2 Å². The molecular weight excluding hydrogens is 558 g/mol. The van der Waals surface area contributed by atoms with E-state index in [2.05, 4.69) is 64.2 Å². The molecule has 5 N–H and O–H groups in total. The van der Waals surface area contributed by atoms with Gasteiger partial charge in [-0.05, 0) is 55.0 Å². The Hall–Kier alpha value is -4.17. The summed E-state index contributed by atoms with van der Waals surface area (Å²) in [5, 5.41) is 23.0. The quantitative estimate of drug-likeness (QED) is 0.236. The zero-order valence-corrected chi connectivity index (χ0v) is 26.5. The molecule has 4 atom stereocenters. The Bertz CT molecular complexity index is 1480. The molecule has 2 aliphatic rings. The van der Waals surface area contributed by atoms with E-state index in [1.807, 2.05) is 32.0 Å². The Balaban J connectivity index is 1.50. The highest BCUT2D eigenvalue weighted by atomic mass is 16.5. The third kappa shape index (κ3) is 8.05. The number of hydrogen-bond acceptors (Lipinski definition) is 7. The van der Waals surface area contributed by atoms with Crippen molar-refractivity contribution < 1.29 is 19.1 Å². The highest BCUT2D eigenvalue weighted by molar-refractivity contribution is 6.02. The van der Waals surface area contributed by atoms with Crippen LogP contribution in [-0.4, -0.2) is 73.3 Å². The first-order valence-corrected chi connectivity index (χ1v) is 15.3. The summed E-state index contributed by atoms with van der Waals surface area (Å²) in [5.74, 6) is -0.483. The van der Waals surface area contributed by atoms with Gasteiger partial charge in [-0.2, -0.15) is 5.26 Å². The van der Waals surface area contributed by atoms with E-state index >= 15 is 0 Å². The number of H-pyrrole nitrogens is 1. The SMILES string of the molecule is COc1cccc2[nH]c(C(=O)NC(CC(C)C)C(=O)NC(CC3CCNC3=O)C(C#N)NCC3=CC(C(C)(C)C)=NC3)cc12. The van der Waals surface area contributed by atoms with Gasteiger partial charge in [0.05, 0.1) is 25.8 Å². The Morgan fingerprint density at radius 1 is 1.23 bits per heavy atom. The lowest BCUT2D eigenvalue weighted by molar-refractivity contribution is -0.126. The number of ether oxygens (including phenoxy) is 1. The van der Waals surface area contributed by atoms with Crippen molar-refractivity contribution in [2.45, 2.75) is 72.0 Å². The predicted molar refractivity (Wildman–Crippen MR) is 170 cm³/mol. The molecule has 1 aromatic carbocycles. The molecule has 44 heavy (non-hydrogen) atoms. The number of amides is 3. The van der Waals surface area contributed by atoms with E-state index in [4.69, 9.17) is 4.74 Å². The summed E-state index contributed by atoms with van der Waals surface area (Å²) in [4.78, 5) is 47.4. The number of allylic oxidation sites excluding steroid dienone is 1. The molecule has 1 fully saturated rings. The first kappa shape index (κ1) is 32.7. The van der Waals surface area contributed by atoms with Gasteiger partial charge in [0.15, 0.2) is 0 Å². The Morgan fingerprint density at radius 3 is 2.61 bits per heavy atom. The summed E-state index contributed by atoms with van der Waals surface area (Å²) in [7, 11) is 1.57. The first-order valence-electron chi connectivity index (χ1n) is 15.3. The molecule has 3 amide bonds. The second-order valence-electron chi connectivity index (χ2n) is 13.1. The van der Waals surface area contributed by atoms with Crippen LogP contribution in [-0.2, 0) is 9.59 Å². The molecule has 1 aromatic heterocycles. The molecular formula is C33H45N7O4. The Kier molecular flexibility index (Phi) is 10.5. The number of benzene rings is 1. The normalized spacial score (nSPS) is 18.7. The van der Waals surface area contributed by atoms with Crippen LogP contribution in [0.4, 0.5) is 0 Å². The molecule has 0 bridgehead atoms. The molecule has 0 aliphatic carbocycles. The molecule has 2 aliphatic heterocycles. The largest absolute Gasteiger partial charge is 0.496 e. The third-order valence-corrected chi connectivity index (χ3v) is 8.10. The molecule has 0 spiro atoms. The van der Waals surface area contributed by atoms with Crippen molar-refractivity contribution in [1.29, 1.82) is 5.26 Å². The fraction of sp³-hybridized carbons (Fsp3) is 0.545. The molecule has 0 saturated carbocycles. The zero-order valence-electron chi connectivity index (χ0n) is 26.5. The third-order valence-electron chi connectivity index (χ3n) is 8.10. The maximum absolute atomic E-state index is 13.8. The van der Waals surface area contributed by atoms with Crippen LogP contribution in [0, 0.1) is 28.6 Å². The van der Waals surface area contributed by atoms with Crippen LogP contribution in [0.1, 0.15) is 64.4 Å². The van der Waals surface area contributed by atoms with Gasteiger partial charge in [0.1, 0.15) is 23.5 Å². The summed E-state index contributed by atoms with van der Waals surface area (Å²) in [5.41, 5.74) is 3.05. The fourth-order valence-corrected chi connectivity index (χ4v) is 5.66. The number of aromatic nitrogens is 1. The van der Waals surface area contributed by atoms with Crippen molar-refractivity contribution >= 4 is 34.3 Å². The summed E-state index contributed by atoms with van der Waals surface area (Å²) >= 11 is 0. The van der Waals surface area contributed by atoms with Crippen molar-refractivity contribution in [1.82, 2.24) is 26.3 Å². The topological polar surface area (TPSA) is 160 Å². The van der Waals surface area contributed by atoms with Crippen molar-refractivity contribution in [3.63, 3.8) is 0 Å². The maximum atomic E-state index is 13.8. The molecule has 11 heteroatoms. The first-order chi connectivity index (χ1) is 20.9. The van der Waals surface area contributed by atoms with E-state index in [9.17, 15) is 19.6 Å². The van der Waals surface area contributed by atoms with Crippen LogP contribution in [0.25, 0.3) is 10.9 Å². The zero-order chi connectivity index (χ0) is 32.0. The van der Waals surface area contributed by atoms with Gasteiger partial charge in [0.2, 0.25) is 11.8 Å². The van der Waals surface area contributed by atoms with E-state index in [1.165, 1.54) is 0 Å². The fourth-order valence-electron chi connectivity index (χ4n) is 5.66. The number of nitrogens with zero attached hydrogens (tertiary/aromatic N) is 2. The lowest BCUT2D eigenvalue weighted by Crippen LogP contribution is -2.56. The average Bonchev–Trinajstić information content (AvgIpc) is 3.72. The van der Waals surface area contributed by atoms with E-state index in [0.29, 0.717) is 50.3 Å². The van der Waals surface area contributed by atoms with Gasteiger partial charge in [-0.1, -0.05) is 40.7 Å². The van der Waals surface area contributed by atoms with Crippen molar-refractivity contribution in [2.75, 3.05) is 26.7 Å². The van der Waals surface area contributed by atoms with Crippen molar-refractivity contribution in [2.24, 2.45) is 22.2 Å². The number of carbonyl (C=O) groups excluding carboxylic acids is 3. The number of nitrogens with one attached hydrogen (secondary N) is 5. The summed E-state index contributed by atoms with van der Waals surface area (Å²) in [6, 6.07) is 7.24. The number of nitriles is 1. The minimum Gasteiger partial charge on any atom is -0.496 e. The molecule has 4 rings (SSSR count). The van der Waals surface area contributed by atoms with Crippen LogP contribution in [0.3, 0.4) is 0 Å². The summed E-state index contributed by atoms with van der Waals surface area (Å²) < 4.78 is 5.42. The molecule has 1 saturated heterocycles. The predicted octanol–water partition coefficient (Wildman–Crippen LogP) is 3.24. The van der Waals surface area contributed by atoms with Crippen LogP contribution in [0.15, 0.2) is 40.9 Å². The van der Waals surface area contributed by atoms with Crippen LogP contribution >= 0.6 is 0 Å². The number of aromatic amines is 1. The second kappa shape index (κ2) is 14.1. The monoisotopic (exact) mass is 603 g/mol. The number of hydrogen-bond donors (Lipinski definition) is 5. The van der Waals surface area contributed by atoms with Gasteiger partial charge in [-0.25, -0.2) is 0 Å². The minimum atomic E-state index is -0.852. The van der Waals surface area contributed by atoms with Crippen molar-refractivity contribution in [3.05, 3.63) is 41.6 Å². The van der Waals surface area contributed by atoms with Gasteiger partial charge >= 0.3 is 0 Å². The highest BCUT2D eigenvalue weighted by Crippen LogP contribution is 2.26. The lowest BCUT2D eigenvalue weighted by Gasteiger charge is -2.29. The number of rotatable bonds is 13. The molecule has 0 radical (unpaired) electrons. The van der Waals surface area contributed by atoms with Crippen LogP contribution in [0.2, 0.25) is 0 Å². The summed E-state index contributed by atoms with van der Waals surface area (Å²) in [6.45, 7) is 11.8. The van der Waals surface area contributed by atoms with Gasteiger partial charge in [0, 0.05) is 41.0 Å². The number of methoxy groups -OCH3 is 1. The van der Waals surface area contributed by atoms with Gasteiger partial charge in [0.25, 0.3) is 5.91 Å². The lowest BCUT2D eigenvalue weighted by atomic mass is 9.90. The molecule has 2 aromatic rings. The number of aliphatic imine (C=N–C) groups is 1. The van der Waals surface area contributed by atoms with Gasteiger partial charge in [-0.15, -0.1) is 0 Å². The van der Waals surface area contributed by atoms with Gasteiger partial charge in [-0.3, -0.25) is 24.7 Å². The number of fused-ring (bicyclic) bond motifs is 1. The van der Waals surface area contributed by atoms with Gasteiger partial charge < -0.3 is 25.7 Å². The van der Waals surface area contributed by atoms with Crippen molar-refractivity contribution in [3.8, 4) is 11.8 Å². The minimum absolute atomic E-state index is 0.0719. The second-order valence-corrected chi connectivity index (χ2v) is 13.1. The molecule has 11 nitrogen and oxygen atoms in total. The van der Waals surface area contributed by atoms with E-state index in [0.717, 1.165) is 22.2 Å². The average molecular weight is 604 g/mol. The standard InChI is InChI=1S/C33H45N7O4/c1-19(2)12-25(40-32(43)26-15-22-23(38-26)8-7-9-28(22)44-6)31(42)39-24(14-21-10-11-35-30(21)41)27(16-34)36-17-20-13-29(37-18-20)33(3,4)5/h7-9,13,15,19,21,24-25,27,36,38H,10-12,14,17-18H2,1-6H3,(H,35,41)(H,39,42)(H,40,43). The smallest absolute Gasteiger partial charge is 0.268 e. The molecule has 3 heterocycles. The highest BCUT2D eigenvalue weighted by Gasteiger charge is 2.34. The van der Waals surface area contributed by atoms with E-state index < -0.39 is 29.9 Å². The molecule has 4 unspecified atom stereocenters. The van der Waals surface area contributed by atoms with E-state index in [-0.39, 0.29) is 23.2 Å². The maximum Gasteiger partial charge on any atom is 0.268 e. The summed E-state index contributed by atoms with van der Waals surface area (Å²) in [6.07, 6.45) is 3.39. The van der Waals surface area contributed by atoms with Crippen LogP contribution < -0.4 is 26.0 Å². The molecule has 236 valence electrons. The number of carbonyl (C=O) groups is 3.